The van der Waals surface area contributed by atoms with Crippen molar-refractivity contribution in [1.29, 1.82) is 0 Å². The summed E-state index contributed by atoms with van der Waals surface area (Å²) in [6.45, 7) is 4.89. The Bertz CT molecular complexity index is 1260. The van der Waals surface area contributed by atoms with Gasteiger partial charge < -0.3 is 14.8 Å². The van der Waals surface area contributed by atoms with Crippen LogP contribution in [0.3, 0.4) is 0 Å². The zero-order chi connectivity index (χ0) is 21.3. The number of rotatable bonds is 6. The molecular weight excluding hydrogens is 396 g/mol. The van der Waals surface area contributed by atoms with E-state index in [2.05, 4.69) is 10.3 Å². The topological polar surface area (TPSA) is 127 Å². The SMILES string of the molecule is CCS(=O)(=O)c1cc(=O)c2cc(C)nc(C(C)Nc3ccccc3C(=O)O)c2o1. The first-order valence-corrected chi connectivity index (χ1v) is 10.6. The van der Waals surface area contributed by atoms with E-state index in [-0.39, 0.29) is 22.3 Å². The lowest BCUT2D eigenvalue weighted by molar-refractivity contribution is 0.0698. The van der Waals surface area contributed by atoms with Gasteiger partial charge in [0, 0.05) is 17.4 Å². The molecule has 0 saturated heterocycles. The molecule has 0 fully saturated rings. The number of fused-ring (bicyclic) bond motifs is 1. The first-order valence-electron chi connectivity index (χ1n) is 8.91. The second-order valence-electron chi connectivity index (χ2n) is 6.58. The van der Waals surface area contributed by atoms with E-state index in [4.69, 9.17) is 4.42 Å². The van der Waals surface area contributed by atoms with Crippen molar-refractivity contribution < 1.29 is 22.7 Å². The molecule has 2 N–H and O–H groups in total. The molecule has 1 aromatic carbocycles. The van der Waals surface area contributed by atoms with Gasteiger partial charge in [0.2, 0.25) is 14.9 Å². The van der Waals surface area contributed by atoms with Gasteiger partial charge in [-0.05, 0) is 32.0 Å². The van der Waals surface area contributed by atoms with E-state index >= 15 is 0 Å². The standard InChI is InChI=1S/C20H20N2O6S/c1-4-29(26,27)17-10-16(23)14-9-11(2)21-18(19(14)28-17)12(3)22-15-8-6-5-7-13(15)20(24)25/h5-10,12,22H,4H2,1-3H3,(H,24,25). The summed E-state index contributed by atoms with van der Waals surface area (Å²) in [5, 5.41) is 12.2. The summed E-state index contributed by atoms with van der Waals surface area (Å²) >= 11 is 0. The summed E-state index contributed by atoms with van der Waals surface area (Å²) < 4.78 is 30.1. The normalized spacial score (nSPS) is 12.7. The van der Waals surface area contributed by atoms with Crippen LogP contribution in [0.4, 0.5) is 5.69 Å². The average molecular weight is 416 g/mol. The summed E-state index contributed by atoms with van der Waals surface area (Å²) in [7, 11) is -3.73. The third-order valence-corrected chi connectivity index (χ3v) is 6.04. The Morgan fingerprint density at radius 2 is 1.97 bits per heavy atom. The van der Waals surface area contributed by atoms with E-state index in [0.29, 0.717) is 17.1 Å². The van der Waals surface area contributed by atoms with Crippen molar-refractivity contribution in [2.45, 2.75) is 31.9 Å². The molecule has 0 radical (unpaired) electrons. The fraction of sp³-hybridized carbons (Fsp3) is 0.250. The molecule has 2 aromatic heterocycles. The Morgan fingerprint density at radius 1 is 1.28 bits per heavy atom. The van der Waals surface area contributed by atoms with E-state index in [9.17, 15) is 23.1 Å². The van der Waals surface area contributed by atoms with Crippen LogP contribution in [0.2, 0.25) is 0 Å². The van der Waals surface area contributed by atoms with E-state index in [1.54, 1.807) is 32.0 Å². The monoisotopic (exact) mass is 416 g/mol. The van der Waals surface area contributed by atoms with Gasteiger partial charge >= 0.3 is 5.97 Å². The fourth-order valence-electron chi connectivity index (χ4n) is 2.98. The van der Waals surface area contributed by atoms with Gasteiger partial charge in [0.25, 0.3) is 0 Å². The summed E-state index contributed by atoms with van der Waals surface area (Å²) in [6, 6.07) is 8.32. The minimum atomic E-state index is -3.73. The lowest BCUT2D eigenvalue weighted by atomic mass is 10.1. The van der Waals surface area contributed by atoms with Crippen LogP contribution in [0, 0.1) is 6.92 Å². The number of benzene rings is 1. The maximum Gasteiger partial charge on any atom is 0.337 e. The van der Waals surface area contributed by atoms with Crippen molar-refractivity contribution in [3.05, 3.63) is 63.6 Å². The number of carboxylic acid groups (broad SMARTS) is 1. The van der Waals surface area contributed by atoms with Crippen LogP contribution < -0.4 is 10.7 Å². The van der Waals surface area contributed by atoms with E-state index in [1.807, 2.05) is 0 Å². The molecule has 3 rings (SSSR count). The maximum atomic E-state index is 12.5. The van der Waals surface area contributed by atoms with Gasteiger partial charge in [-0.3, -0.25) is 9.78 Å². The number of carbonyl (C=O) groups is 1. The Morgan fingerprint density at radius 3 is 2.62 bits per heavy atom. The first kappa shape index (κ1) is 20.5. The van der Waals surface area contributed by atoms with Crippen LogP contribution in [0.25, 0.3) is 11.0 Å². The predicted octanol–water partition coefficient (Wildman–Crippen LogP) is 3.16. The number of pyridine rings is 1. The molecule has 0 bridgehead atoms. The molecular formula is C20H20N2O6S. The van der Waals surface area contributed by atoms with Gasteiger partial charge in [0.1, 0.15) is 5.69 Å². The second-order valence-corrected chi connectivity index (χ2v) is 8.78. The van der Waals surface area contributed by atoms with Crippen LogP contribution in [0.1, 0.15) is 41.6 Å². The van der Waals surface area contributed by atoms with Crippen molar-refractivity contribution in [2.24, 2.45) is 0 Å². The molecule has 0 spiro atoms. The molecule has 8 nitrogen and oxygen atoms in total. The van der Waals surface area contributed by atoms with Gasteiger partial charge in [-0.1, -0.05) is 19.1 Å². The zero-order valence-electron chi connectivity index (χ0n) is 16.1. The fourth-order valence-corrected chi connectivity index (χ4v) is 3.76. The predicted molar refractivity (Wildman–Crippen MR) is 108 cm³/mol. The molecule has 0 aliphatic carbocycles. The van der Waals surface area contributed by atoms with Gasteiger partial charge in [0.15, 0.2) is 11.0 Å². The number of carboxylic acids is 1. The summed E-state index contributed by atoms with van der Waals surface area (Å²) in [5.41, 5.74) is 0.873. The van der Waals surface area contributed by atoms with Crippen molar-refractivity contribution >= 4 is 32.5 Å². The Kier molecular flexibility index (Phi) is 5.43. The number of para-hydroxylation sites is 1. The number of aromatic carboxylic acids is 1. The smallest absolute Gasteiger partial charge is 0.337 e. The Balaban J connectivity index is 2.18. The van der Waals surface area contributed by atoms with Gasteiger partial charge in [-0.15, -0.1) is 0 Å². The average Bonchev–Trinajstić information content (AvgIpc) is 2.68. The zero-order valence-corrected chi connectivity index (χ0v) is 16.9. The number of anilines is 1. The van der Waals surface area contributed by atoms with Gasteiger partial charge in [0.05, 0.1) is 22.7 Å². The largest absolute Gasteiger partial charge is 0.478 e. The highest BCUT2D eigenvalue weighted by Crippen LogP contribution is 2.28. The molecule has 152 valence electrons. The van der Waals surface area contributed by atoms with E-state index < -0.39 is 32.4 Å². The summed E-state index contributed by atoms with van der Waals surface area (Å²) in [6.07, 6.45) is 0. The molecule has 9 heteroatoms. The molecule has 3 aromatic rings. The highest BCUT2D eigenvalue weighted by Gasteiger charge is 2.22. The van der Waals surface area contributed by atoms with E-state index in [1.165, 1.54) is 19.1 Å². The number of nitrogens with one attached hydrogen (secondary N) is 1. The third kappa shape index (κ3) is 4.00. The van der Waals surface area contributed by atoms with Gasteiger partial charge in [-0.25, -0.2) is 13.2 Å². The molecule has 1 unspecified atom stereocenters. The number of nitrogens with zero attached hydrogens (tertiary/aromatic N) is 1. The van der Waals surface area contributed by atoms with Crippen LogP contribution in [0.15, 0.2) is 50.7 Å². The number of aromatic nitrogens is 1. The summed E-state index contributed by atoms with van der Waals surface area (Å²) in [5.74, 6) is -1.30. The van der Waals surface area contributed by atoms with Crippen molar-refractivity contribution in [3.63, 3.8) is 0 Å². The van der Waals surface area contributed by atoms with Gasteiger partial charge in [-0.2, -0.15) is 0 Å². The maximum absolute atomic E-state index is 12.5. The van der Waals surface area contributed by atoms with Crippen molar-refractivity contribution in [1.82, 2.24) is 4.98 Å². The van der Waals surface area contributed by atoms with Crippen molar-refractivity contribution in [3.8, 4) is 0 Å². The molecule has 29 heavy (non-hydrogen) atoms. The molecule has 0 saturated carbocycles. The molecule has 0 amide bonds. The quantitative estimate of drug-likeness (QED) is 0.627. The Hall–Kier alpha value is -3.20. The number of hydrogen-bond donors (Lipinski definition) is 2. The second kappa shape index (κ2) is 7.67. The van der Waals surface area contributed by atoms with E-state index in [0.717, 1.165) is 6.07 Å². The molecule has 0 aliphatic rings. The first-order chi connectivity index (χ1) is 13.6. The van der Waals surface area contributed by atoms with Crippen LogP contribution >= 0.6 is 0 Å². The highest BCUT2D eigenvalue weighted by atomic mass is 32.2. The molecule has 0 aliphatic heterocycles. The number of sulfone groups is 1. The number of hydrogen-bond acceptors (Lipinski definition) is 7. The van der Waals surface area contributed by atoms with Crippen LogP contribution in [-0.4, -0.2) is 30.2 Å². The third-order valence-electron chi connectivity index (χ3n) is 4.47. The minimum absolute atomic E-state index is 0.0583. The van der Waals surface area contributed by atoms with Crippen molar-refractivity contribution in [2.75, 3.05) is 11.1 Å². The molecule has 2 heterocycles. The van der Waals surface area contributed by atoms with Crippen LogP contribution in [-0.2, 0) is 9.84 Å². The number of aryl methyl sites for hydroxylation is 1. The minimum Gasteiger partial charge on any atom is -0.478 e. The Labute approximate surface area is 167 Å². The van der Waals surface area contributed by atoms with Crippen LogP contribution in [0.5, 0.6) is 0 Å². The summed E-state index contributed by atoms with van der Waals surface area (Å²) in [4.78, 5) is 28.4. The lowest BCUT2D eigenvalue weighted by Gasteiger charge is -2.18. The lowest BCUT2D eigenvalue weighted by Crippen LogP contribution is -2.15. The molecule has 1 atom stereocenters. The highest BCUT2D eigenvalue weighted by molar-refractivity contribution is 7.91.